The topological polar surface area (TPSA) is 49.4 Å². The first-order valence-electron chi connectivity index (χ1n) is 8.22. The Morgan fingerprint density at radius 2 is 1.81 bits per heavy atom. The maximum absolute atomic E-state index is 13.7. The van der Waals surface area contributed by atoms with Gasteiger partial charge in [-0.1, -0.05) is 6.07 Å². The molecule has 0 aromatic heterocycles. The predicted molar refractivity (Wildman–Crippen MR) is 91.7 cm³/mol. The molecule has 8 heteroatoms. The van der Waals surface area contributed by atoms with E-state index in [2.05, 4.69) is 5.32 Å². The second kappa shape index (κ2) is 7.02. The fraction of sp³-hybridized carbons (Fsp3) is 0.263. The molecule has 0 spiro atoms. The molecule has 0 saturated carbocycles. The van der Waals surface area contributed by atoms with Gasteiger partial charge in [-0.2, -0.15) is 13.2 Å². The number of carbonyl (C=O) groups is 2. The van der Waals surface area contributed by atoms with Gasteiger partial charge in [-0.05, 0) is 55.3 Å². The summed E-state index contributed by atoms with van der Waals surface area (Å²) in [6.45, 7) is 1.86. The third-order valence-corrected chi connectivity index (χ3v) is 4.47. The minimum absolute atomic E-state index is 0.167. The normalized spacial score (nSPS) is 17.3. The molecule has 0 aliphatic carbocycles. The van der Waals surface area contributed by atoms with Crippen molar-refractivity contribution in [1.82, 2.24) is 0 Å². The minimum atomic E-state index is -4.46. The highest BCUT2D eigenvalue weighted by molar-refractivity contribution is 6.13. The van der Waals surface area contributed by atoms with E-state index in [1.807, 2.05) is 0 Å². The molecule has 1 heterocycles. The zero-order valence-corrected chi connectivity index (χ0v) is 14.3. The lowest BCUT2D eigenvalue weighted by atomic mass is 10.1. The summed E-state index contributed by atoms with van der Waals surface area (Å²) in [4.78, 5) is 26.2. The number of aryl methyl sites for hydroxylation is 1. The van der Waals surface area contributed by atoms with Crippen LogP contribution in [-0.4, -0.2) is 18.4 Å². The van der Waals surface area contributed by atoms with Crippen molar-refractivity contribution in [2.45, 2.75) is 19.5 Å². The summed E-state index contributed by atoms with van der Waals surface area (Å²) in [6, 6.07) is 8.37. The van der Waals surface area contributed by atoms with E-state index in [0.29, 0.717) is 11.3 Å². The van der Waals surface area contributed by atoms with Crippen molar-refractivity contribution >= 4 is 23.2 Å². The average Bonchev–Trinajstić information content (AvgIpc) is 2.98. The van der Waals surface area contributed by atoms with Gasteiger partial charge in [0.2, 0.25) is 11.8 Å². The summed E-state index contributed by atoms with van der Waals surface area (Å²) >= 11 is 0. The molecule has 2 aromatic carbocycles. The molecule has 1 saturated heterocycles. The van der Waals surface area contributed by atoms with Gasteiger partial charge in [-0.3, -0.25) is 9.59 Å². The third kappa shape index (κ3) is 3.94. The minimum Gasteiger partial charge on any atom is -0.325 e. The highest BCUT2D eigenvalue weighted by Crippen LogP contribution is 2.31. The van der Waals surface area contributed by atoms with Crippen molar-refractivity contribution in [3.63, 3.8) is 0 Å². The molecular weight excluding hydrogens is 364 g/mol. The van der Waals surface area contributed by atoms with Gasteiger partial charge in [0.05, 0.1) is 5.56 Å². The van der Waals surface area contributed by atoms with E-state index >= 15 is 0 Å². The van der Waals surface area contributed by atoms with Crippen molar-refractivity contribution in [3.8, 4) is 0 Å². The van der Waals surface area contributed by atoms with E-state index in [9.17, 15) is 27.2 Å². The monoisotopic (exact) mass is 380 g/mol. The van der Waals surface area contributed by atoms with Gasteiger partial charge in [0.25, 0.3) is 0 Å². The number of hydrogen-bond donors (Lipinski definition) is 1. The number of amides is 2. The third-order valence-electron chi connectivity index (χ3n) is 4.47. The Hall–Kier alpha value is -2.90. The number of alkyl halides is 3. The van der Waals surface area contributed by atoms with Crippen molar-refractivity contribution in [1.29, 1.82) is 0 Å². The van der Waals surface area contributed by atoms with E-state index in [0.717, 1.165) is 24.3 Å². The van der Waals surface area contributed by atoms with Gasteiger partial charge < -0.3 is 10.2 Å². The molecule has 0 bridgehead atoms. The van der Waals surface area contributed by atoms with E-state index in [-0.39, 0.29) is 18.7 Å². The van der Waals surface area contributed by atoms with Crippen LogP contribution >= 0.6 is 0 Å². The lowest BCUT2D eigenvalue weighted by Gasteiger charge is -2.17. The zero-order valence-electron chi connectivity index (χ0n) is 14.3. The molecule has 1 aliphatic rings. The fourth-order valence-corrected chi connectivity index (χ4v) is 2.90. The maximum atomic E-state index is 13.7. The van der Waals surface area contributed by atoms with Gasteiger partial charge in [0.15, 0.2) is 0 Å². The summed E-state index contributed by atoms with van der Waals surface area (Å²) in [5, 5.41) is 2.46. The number of hydrogen-bond acceptors (Lipinski definition) is 2. The predicted octanol–water partition coefficient (Wildman–Crippen LogP) is 4.14. The zero-order chi connectivity index (χ0) is 19.8. The second-order valence-corrected chi connectivity index (χ2v) is 6.33. The van der Waals surface area contributed by atoms with Gasteiger partial charge in [0, 0.05) is 17.9 Å². The van der Waals surface area contributed by atoms with Crippen molar-refractivity contribution in [2.75, 3.05) is 16.8 Å². The van der Waals surface area contributed by atoms with Gasteiger partial charge in [0.1, 0.15) is 11.7 Å². The highest BCUT2D eigenvalue weighted by atomic mass is 19.4. The summed E-state index contributed by atoms with van der Waals surface area (Å²) in [5.74, 6) is -2.49. The van der Waals surface area contributed by atoms with Crippen LogP contribution in [0.3, 0.4) is 0 Å². The van der Waals surface area contributed by atoms with Gasteiger partial charge in [-0.25, -0.2) is 4.39 Å². The van der Waals surface area contributed by atoms with Crippen LogP contribution in [-0.2, 0) is 15.8 Å². The Balaban J connectivity index is 1.69. The van der Waals surface area contributed by atoms with E-state index in [1.165, 1.54) is 11.0 Å². The second-order valence-electron chi connectivity index (χ2n) is 6.33. The summed E-state index contributed by atoms with van der Waals surface area (Å²) in [5.41, 5.74) is 0.153. The van der Waals surface area contributed by atoms with Gasteiger partial charge in [-0.15, -0.1) is 0 Å². The Morgan fingerprint density at radius 1 is 1.15 bits per heavy atom. The summed E-state index contributed by atoms with van der Waals surface area (Å²) < 4.78 is 51.4. The van der Waals surface area contributed by atoms with Crippen molar-refractivity contribution in [3.05, 3.63) is 59.4 Å². The molecule has 27 heavy (non-hydrogen) atoms. The molecule has 1 fully saturated rings. The van der Waals surface area contributed by atoms with Crippen LogP contribution in [0.2, 0.25) is 0 Å². The van der Waals surface area contributed by atoms with Crippen LogP contribution in [0, 0.1) is 18.7 Å². The van der Waals surface area contributed by atoms with E-state index < -0.39 is 35.3 Å². The number of halogens is 4. The number of nitrogens with one attached hydrogen (secondary N) is 1. The first-order chi connectivity index (χ1) is 12.7. The molecule has 142 valence electrons. The number of carbonyl (C=O) groups excluding carboxylic acids is 2. The summed E-state index contributed by atoms with van der Waals surface area (Å²) in [6.07, 6.45) is -4.23. The quantitative estimate of drug-likeness (QED) is 0.643. The first kappa shape index (κ1) is 18.9. The van der Waals surface area contributed by atoms with Crippen LogP contribution in [0.1, 0.15) is 17.5 Å². The number of nitrogens with zero attached hydrogens (tertiary/aromatic N) is 1. The Labute approximate surface area is 152 Å². The molecule has 4 nitrogen and oxygen atoms in total. The van der Waals surface area contributed by atoms with Crippen LogP contribution < -0.4 is 10.2 Å². The van der Waals surface area contributed by atoms with Crippen molar-refractivity contribution in [2.24, 2.45) is 5.92 Å². The van der Waals surface area contributed by atoms with Crippen LogP contribution in [0.25, 0.3) is 0 Å². The molecule has 1 unspecified atom stereocenters. The Kier molecular flexibility index (Phi) is 4.91. The first-order valence-corrected chi connectivity index (χ1v) is 8.22. The number of benzene rings is 2. The Bertz CT molecular complexity index is 878. The lowest BCUT2D eigenvalue weighted by molar-refractivity contribution is -0.137. The van der Waals surface area contributed by atoms with Crippen LogP contribution in [0.15, 0.2) is 42.5 Å². The SMILES string of the molecule is Cc1ccc(N2CCC(C(=O)Nc3ccc(C(F)(F)F)cc3)C2=O)cc1F. The number of anilines is 2. The molecule has 3 rings (SSSR count). The van der Waals surface area contributed by atoms with E-state index in [4.69, 9.17) is 0 Å². The smallest absolute Gasteiger partial charge is 0.325 e. The van der Waals surface area contributed by atoms with Crippen LogP contribution in [0.4, 0.5) is 28.9 Å². The molecular formula is C19H16F4N2O2. The molecule has 1 N–H and O–H groups in total. The summed E-state index contributed by atoms with van der Waals surface area (Å²) in [7, 11) is 0. The highest BCUT2D eigenvalue weighted by Gasteiger charge is 2.38. The van der Waals surface area contributed by atoms with Crippen LogP contribution in [0.5, 0.6) is 0 Å². The van der Waals surface area contributed by atoms with Crippen molar-refractivity contribution < 1.29 is 27.2 Å². The Morgan fingerprint density at radius 3 is 2.41 bits per heavy atom. The molecule has 1 aliphatic heterocycles. The molecule has 2 aromatic rings. The fourth-order valence-electron chi connectivity index (χ4n) is 2.90. The standard InChI is InChI=1S/C19H16F4N2O2/c1-11-2-7-14(10-16(11)20)25-9-8-15(18(25)27)17(26)24-13-5-3-12(4-6-13)19(21,22)23/h2-7,10,15H,8-9H2,1H3,(H,24,26). The number of rotatable bonds is 3. The van der Waals surface area contributed by atoms with E-state index in [1.54, 1.807) is 19.1 Å². The maximum Gasteiger partial charge on any atom is 0.416 e. The molecule has 2 amide bonds. The average molecular weight is 380 g/mol. The molecule has 1 atom stereocenters. The molecule has 0 radical (unpaired) electrons. The lowest BCUT2D eigenvalue weighted by Crippen LogP contribution is -2.33. The van der Waals surface area contributed by atoms with Gasteiger partial charge >= 0.3 is 6.18 Å². The largest absolute Gasteiger partial charge is 0.416 e.